The number of pyridine rings is 2. The number of fused-ring (bicyclic) bond motifs is 1. The molecule has 7 heteroatoms. The summed E-state index contributed by atoms with van der Waals surface area (Å²) in [7, 11) is -3.48. The molecule has 0 aliphatic carbocycles. The van der Waals surface area contributed by atoms with Crippen molar-refractivity contribution >= 4 is 15.4 Å². The van der Waals surface area contributed by atoms with Crippen LogP contribution in [-0.4, -0.2) is 29.3 Å². The van der Waals surface area contributed by atoms with Crippen LogP contribution in [0.5, 0.6) is 0 Å². The van der Waals surface area contributed by atoms with E-state index in [0.29, 0.717) is 16.8 Å². The third-order valence-electron chi connectivity index (χ3n) is 4.09. The van der Waals surface area contributed by atoms with Gasteiger partial charge in [0.25, 0.3) is 0 Å². The van der Waals surface area contributed by atoms with Gasteiger partial charge in [-0.15, -0.1) is 0 Å². The van der Waals surface area contributed by atoms with Crippen LogP contribution >= 0.6 is 0 Å². The van der Waals surface area contributed by atoms with Crippen LogP contribution in [0.1, 0.15) is 0 Å². The summed E-state index contributed by atoms with van der Waals surface area (Å²) in [5.41, 5.74) is 3.54. The molecule has 0 amide bonds. The van der Waals surface area contributed by atoms with E-state index < -0.39 is 9.84 Å². The van der Waals surface area contributed by atoms with Crippen molar-refractivity contribution in [3.8, 4) is 22.4 Å². The first-order valence-corrected chi connectivity index (χ1v) is 9.72. The quantitative estimate of drug-likeness (QED) is 0.555. The number of benzene rings is 1. The minimum Gasteiger partial charge on any atom is -0.265 e. The molecular weight excluding hydrogens is 353 g/mol. The second-order valence-corrected chi connectivity index (χ2v) is 7.86. The average Bonchev–Trinajstić information content (AvgIpc) is 3.01. The Morgan fingerprint density at radius 3 is 2.27 bits per heavy atom. The van der Waals surface area contributed by atoms with Crippen LogP contribution in [0.15, 0.2) is 72.0 Å². The van der Waals surface area contributed by atoms with E-state index in [-0.39, 0.29) is 10.8 Å². The Labute approximate surface area is 149 Å². The SMILES string of the molecule is CS(=O)(=O)c1cccc2c(-c3ccncc3)c(-c3ccc(F)cc3)nn12. The molecule has 0 radical (unpaired) electrons. The fraction of sp³-hybridized carbons (Fsp3) is 0.0526. The van der Waals surface area contributed by atoms with Crippen LogP contribution < -0.4 is 0 Å². The van der Waals surface area contributed by atoms with Gasteiger partial charge in [0.2, 0.25) is 0 Å². The van der Waals surface area contributed by atoms with Gasteiger partial charge in [-0.2, -0.15) is 5.10 Å². The van der Waals surface area contributed by atoms with Gasteiger partial charge in [0.15, 0.2) is 14.9 Å². The van der Waals surface area contributed by atoms with E-state index in [1.807, 2.05) is 18.2 Å². The summed E-state index contributed by atoms with van der Waals surface area (Å²) in [5, 5.41) is 4.65. The monoisotopic (exact) mass is 367 g/mol. The topological polar surface area (TPSA) is 64.3 Å². The zero-order chi connectivity index (χ0) is 18.3. The maximum Gasteiger partial charge on any atom is 0.192 e. The van der Waals surface area contributed by atoms with Crippen LogP contribution in [0.2, 0.25) is 0 Å². The summed E-state index contributed by atoms with van der Waals surface area (Å²) in [6.07, 6.45) is 4.47. The van der Waals surface area contributed by atoms with Gasteiger partial charge in [-0.1, -0.05) is 6.07 Å². The highest BCUT2D eigenvalue weighted by atomic mass is 32.2. The van der Waals surface area contributed by atoms with E-state index in [0.717, 1.165) is 17.4 Å². The van der Waals surface area contributed by atoms with Crippen LogP contribution in [-0.2, 0) is 9.84 Å². The lowest BCUT2D eigenvalue weighted by Gasteiger charge is -2.04. The fourth-order valence-electron chi connectivity index (χ4n) is 2.94. The molecular formula is C19H14FN3O2S. The highest BCUT2D eigenvalue weighted by Crippen LogP contribution is 2.35. The number of halogens is 1. The maximum absolute atomic E-state index is 13.3. The second-order valence-electron chi connectivity index (χ2n) is 5.90. The zero-order valence-electron chi connectivity index (χ0n) is 13.8. The molecule has 0 spiro atoms. The highest BCUT2D eigenvalue weighted by molar-refractivity contribution is 7.90. The zero-order valence-corrected chi connectivity index (χ0v) is 14.6. The van der Waals surface area contributed by atoms with E-state index in [4.69, 9.17) is 0 Å². The molecule has 0 bridgehead atoms. The minimum atomic E-state index is -3.48. The third kappa shape index (κ3) is 2.76. The average molecular weight is 367 g/mol. The Morgan fingerprint density at radius 1 is 0.923 bits per heavy atom. The number of sulfone groups is 1. The first-order valence-electron chi connectivity index (χ1n) is 7.83. The minimum absolute atomic E-state index is 0.0960. The predicted molar refractivity (Wildman–Crippen MR) is 96.9 cm³/mol. The normalized spacial score (nSPS) is 11.8. The number of hydrogen-bond donors (Lipinski definition) is 0. The highest BCUT2D eigenvalue weighted by Gasteiger charge is 2.21. The summed E-state index contributed by atoms with van der Waals surface area (Å²) in [4.78, 5) is 4.03. The van der Waals surface area contributed by atoms with Crippen molar-refractivity contribution in [2.75, 3.05) is 6.26 Å². The van der Waals surface area contributed by atoms with Crippen molar-refractivity contribution in [1.29, 1.82) is 0 Å². The molecule has 0 N–H and O–H groups in total. The van der Waals surface area contributed by atoms with E-state index in [1.54, 1.807) is 30.6 Å². The Kier molecular flexibility index (Phi) is 3.81. The Balaban J connectivity index is 2.12. The molecule has 4 aromatic rings. The maximum atomic E-state index is 13.3. The van der Waals surface area contributed by atoms with Gasteiger partial charge < -0.3 is 0 Å². The van der Waals surface area contributed by atoms with Crippen molar-refractivity contribution in [2.45, 2.75) is 5.03 Å². The lowest BCUT2D eigenvalue weighted by Crippen LogP contribution is -2.05. The van der Waals surface area contributed by atoms with E-state index in [9.17, 15) is 12.8 Å². The largest absolute Gasteiger partial charge is 0.265 e. The van der Waals surface area contributed by atoms with E-state index in [1.165, 1.54) is 22.7 Å². The Morgan fingerprint density at radius 2 is 1.62 bits per heavy atom. The molecule has 0 fully saturated rings. The van der Waals surface area contributed by atoms with Crippen molar-refractivity contribution < 1.29 is 12.8 Å². The Bertz CT molecular complexity index is 1200. The molecule has 0 atom stereocenters. The van der Waals surface area contributed by atoms with Gasteiger partial charge in [0, 0.05) is 29.8 Å². The number of aromatic nitrogens is 3. The van der Waals surface area contributed by atoms with Gasteiger partial charge in [-0.25, -0.2) is 17.3 Å². The first kappa shape index (κ1) is 16.4. The van der Waals surface area contributed by atoms with E-state index >= 15 is 0 Å². The summed E-state index contributed by atoms with van der Waals surface area (Å²) in [5.74, 6) is -0.347. The fourth-order valence-corrected chi connectivity index (χ4v) is 3.72. The predicted octanol–water partition coefficient (Wildman–Crippen LogP) is 3.61. The molecule has 3 aromatic heterocycles. The molecule has 1 aromatic carbocycles. The van der Waals surface area contributed by atoms with Crippen molar-refractivity contribution in [3.63, 3.8) is 0 Å². The summed E-state index contributed by atoms with van der Waals surface area (Å²) >= 11 is 0. The summed E-state index contributed by atoms with van der Waals surface area (Å²) < 4.78 is 39.1. The van der Waals surface area contributed by atoms with Gasteiger partial charge >= 0.3 is 0 Å². The molecule has 0 aliphatic heterocycles. The Hall–Kier alpha value is -3.06. The lowest BCUT2D eigenvalue weighted by molar-refractivity contribution is 0.593. The summed E-state index contributed by atoms with van der Waals surface area (Å²) in [6, 6.07) is 14.6. The van der Waals surface area contributed by atoms with Crippen LogP contribution in [0.3, 0.4) is 0 Å². The molecule has 5 nitrogen and oxygen atoms in total. The van der Waals surface area contributed by atoms with Gasteiger partial charge in [-0.3, -0.25) is 4.98 Å². The van der Waals surface area contributed by atoms with Gasteiger partial charge in [0.1, 0.15) is 11.5 Å². The molecule has 26 heavy (non-hydrogen) atoms. The molecule has 130 valence electrons. The smallest absolute Gasteiger partial charge is 0.192 e. The summed E-state index contributed by atoms with van der Waals surface area (Å²) in [6.45, 7) is 0. The molecule has 0 saturated carbocycles. The van der Waals surface area contributed by atoms with Crippen molar-refractivity contribution in [1.82, 2.24) is 14.6 Å². The molecule has 3 heterocycles. The van der Waals surface area contributed by atoms with Gasteiger partial charge in [-0.05, 0) is 54.1 Å². The van der Waals surface area contributed by atoms with E-state index in [2.05, 4.69) is 10.1 Å². The number of nitrogens with zero attached hydrogens (tertiary/aromatic N) is 3. The lowest BCUT2D eigenvalue weighted by atomic mass is 10.0. The van der Waals surface area contributed by atoms with Crippen LogP contribution in [0, 0.1) is 5.82 Å². The second kappa shape index (κ2) is 6.03. The number of hydrogen-bond acceptors (Lipinski definition) is 4. The molecule has 0 saturated heterocycles. The van der Waals surface area contributed by atoms with Crippen LogP contribution in [0.25, 0.3) is 27.9 Å². The van der Waals surface area contributed by atoms with Crippen molar-refractivity contribution in [3.05, 3.63) is 72.8 Å². The standard InChI is InChI=1S/C19H14FN3O2S/c1-26(24,25)17-4-2-3-16-18(13-9-11-21-12-10-13)19(22-23(16)17)14-5-7-15(20)8-6-14/h2-12H,1H3. The molecule has 0 aliphatic rings. The third-order valence-corrected chi connectivity index (χ3v) is 5.16. The van der Waals surface area contributed by atoms with Crippen LogP contribution in [0.4, 0.5) is 4.39 Å². The molecule has 0 unspecified atom stereocenters. The molecule has 4 rings (SSSR count). The van der Waals surface area contributed by atoms with Gasteiger partial charge in [0.05, 0.1) is 5.52 Å². The number of rotatable bonds is 3. The first-order chi connectivity index (χ1) is 12.4. The van der Waals surface area contributed by atoms with Crippen molar-refractivity contribution in [2.24, 2.45) is 0 Å².